The number of hydrazine groups is 1. The summed E-state index contributed by atoms with van der Waals surface area (Å²) in [5.74, 6) is 0.785. The van der Waals surface area contributed by atoms with Crippen LogP contribution in [0, 0.1) is 0 Å². The number of benzene rings is 2. The zero-order valence-corrected chi connectivity index (χ0v) is 11.4. The summed E-state index contributed by atoms with van der Waals surface area (Å²) in [5.41, 5.74) is 9.35. The molecule has 0 amide bonds. The van der Waals surface area contributed by atoms with Crippen LogP contribution in [0.4, 0.5) is 5.69 Å². The van der Waals surface area contributed by atoms with E-state index in [2.05, 4.69) is 24.7 Å². The van der Waals surface area contributed by atoms with E-state index in [1.807, 2.05) is 42.5 Å². The van der Waals surface area contributed by atoms with Gasteiger partial charge in [0.1, 0.15) is 5.75 Å². The molecule has 0 fully saturated rings. The molecule has 0 bridgehead atoms. The molecule has 19 heavy (non-hydrogen) atoms. The van der Waals surface area contributed by atoms with Crippen molar-refractivity contribution in [3.63, 3.8) is 0 Å². The number of anilines is 1. The number of phenolic OH excluding ortho intramolecular Hbond substituents is 1. The third-order valence-electron chi connectivity index (χ3n) is 3.06. The molecule has 0 radical (unpaired) electrons. The van der Waals surface area contributed by atoms with Gasteiger partial charge in [-0.3, -0.25) is 0 Å². The van der Waals surface area contributed by atoms with E-state index in [1.165, 1.54) is 5.56 Å². The van der Waals surface area contributed by atoms with Crippen LogP contribution in [0.2, 0.25) is 0 Å². The molecule has 3 N–H and O–H groups in total. The highest BCUT2D eigenvalue weighted by Crippen LogP contribution is 2.23. The smallest absolute Gasteiger partial charge is 0.120 e. The molecule has 3 nitrogen and oxygen atoms in total. The van der Waals surface area contributed by atoms with Crippen LogP contribution in [0.25, 0.3) is 0 Å². The summed E-state index contributed by atoms with van der Waals surface area (Å²) in [6.45, 7) is 4.86. The first-order valence-corrected chi connectivity index (χ1v) is 6.52. The minimum absolute atomic E-state index is 0.326. The summed E-state index contributed by atoms with van der Waals surface area (Å²) < 4.78 is 0. The number of rotatable bonds is 5. The lowest BCUT2D eigenvalue weighted by atomic mass is 10.0. The van der Waals surface area contributed by atoms with Gasteiger partial charge in [-0.05, 0) is 29.7 Å². The van der Waals surface area contributed by atoms with Gasteiger partial charge >= 0.3 is 0 Å². The lowest BCUT2D eigenvalue weighted by molar-refractivity contribution is 0.465. The molecule has 0 unspecified atom stereocenters. The standard InChI is InChI=1S/C16H20N2O/c1-12(2)13-8-9-16(19)14(10-13)11-17-18-15-6-4-3-5-7-15/h3-10,12,17-19H,11H2,1-2H3. The van der Waals surface area contributed by atoms with Crippen molar-refractivity contribution in [2.24, 2.45) is 0 Å². The molecule has 2 aromatic carbocycles. The molecular formula is C16H20N2O. The molecular weight excluding hydrogens is 236 g/mol. The molecule has 0 aliphatic heterocycles. The Morgan fingerprint density at radius 3 is 2.47 bits per heavy atom. The van der Waals surface area contributed by atoms with E-state index in [-0.39, 0.29) is 0 Å². The zero-order valence-electron chi connectivity index (χ0n) is 11.4. The molecule has 0 atom stereocenters. The molecule has 2 aromatic rings. The fourth-order valence-corrected chi connectivity index (χ4v) is 1.87. The van der Waals surface area contributed by atoms with Gasteiger partial charge in [0, 0.05) is 17.8 Å². The summed E-state index contributed by atoms with van der Waals surface area (Å²) in [6.07, 6.45) is 0. The van der Waals surface area contributed by atoms with Crippen LogP contribution in [-0.4, -0.2) is 5.11 Å². The Morgan fingerprint density at radius 1 is 1.05 bits per heavy atom. The SMILES string of the molecule is CC(C)c1ccc(O)c(CNNc2ccccc2)c1. The maximum atomic E-state index is 9.85. The Hall–Kier alpha value is -2.00. The first-order chi connectivity index (χ1) is 9.16. The first-order valence-electron chi connectivity index (χ1n) is 6.52. The molecule has 0 saturated carbocycles. The lowest BCUT2D eigenvalue weighted by Crippen LogP contribution is -2.20. The molecule has 0 heterocycles. The Morgan fingerprint density at radius 2 is 1.79 bits per heavy atom. The van der Waals surface area contributed by atoms with Crippen molar-refractivity contribution in [3.8, 4) is 5.75 Å². The van der Waals surface area contributed by atoms with E-state index in [9.17, 15) is 5.11 Å². The van der Waals surface area contributed by atoms with Crippen LogP contribution in [0.1, 0.15) is 30.9 Å². The van der Waals surface area contributed by atoms with Crippen molar-refractivity contribution >= 4 is 5.69 Å². The van der Waals surface area contributed by atoms with Gasteiger partial charge in [-0.15, -0.1) is 0 Å². The lowest BCUT2D eigenvalue weighted by Gasteiger charge is -2.12. The number of hydrogen-bond donors (Lipinski definition) is 3. The van der Waals surface area contributed by atoms with Gasteiger partial charge < -0.3 is 10.5 Å². The Bertz CT molecular complexity index is 524. The quantitative estimate of drug-likeness (QED) is 0.716. The third-order valence-corrected chi connectivity index (χ3v) is 3.06. The second kappa shape index (κ2) is 6.25. The summed E-state index contributed by atoms with van der Waals surface area (Å²) in [7, 11) is 0. The fraction of sp³-hybridized carbons (Fsp3) is 0.250. The number of aromatic hydroxyl groups is 1. The van der Waals surface area contributed by atoms with Gasteiger partial charge in [-0.2, -0.15) is 0 Å². The maximum absolute atomic E-state index is 9.85. The Kier molecular flexibility index (Phi) is 4.42. The van der Waals surface area contributed by atoms with Crippen LogP contribution in [0.5, 0.6) is 5.75 Å². The maximum Gasteiger partial charge on any atom is 0.120 e. The van der Waals surface area contributed by atoms with Crippen molar-refractivity contribution in [2.75, 3.05) is 5.43 Å². The zero-order chi connectivity index (χ0) is 13.7. The predicted molar refractivity (Wildman–Crippen MR) is 79.1 cm³/mol. The van der Waals surface area contributed by atoms with E-state index in [0.29, 0.717) is 18.2 Å². The van der Waals surface area contributed by atoms with E-state index < -0.39 is 0 Å². The minimum Gasteiger partial charge on any atom is -0.508 e. The second-order valence-corrected chi connectivity index (χ2v) is 4.89. The van der Waals surface area contributed by atoms with Gasteiger partial charge in [-0.25, -0.2) is 5.43 Å². The van der Waals surface area contributed by atoms with Gasteiger partial charge in [-0.1, -0.05) is 44.2 Å². The van der Waals surface area contributed by atoms with Crippen molar-refractivity contribution in [1.29, 1.82) is 0 Å². The molecule has 100 valence electrons. The number of para-hydroxylation sites is 1. The largest absolute Gasteiger partial charge is 0.508 e. The van der Waals surface area contributed by atoms with Crippen molar-refractivity contribution in [2.45, 2.75) is 26.3 Å². The molecule has 0 aliphatic rings. The Labute approximate surface area is 114 Å². The molecule has 0 aromatic heterocycles. The second-order valence-electron chi connectivity index (χ2n) is 4.89. The molecule has 0 saturated heterocycles. The summed E-state index contributed by atoms with van der Waals surface area (Å²) >= 11 is 0. The van der Waals surface area contributed by atoms with Gasteiger partial charge in [0.15, 0.2) is 0 Å². The van der Waals surface area contributed by atoms with E-state index in [1.54, 1.807) is 6.07 Å². The highest BCUT2D eigenvalue weighted by Gasteiger charge is 2.05. The van der Waals surface area contributed by atoms with Crippen LogP contribution < -0.4 is 10.9 Å². The summed E-state index contributed by atoms with van der Waals surface area (Å²) in [6, 6.07) is 15.7. The fourth-order valence-electron chi connectivity index (χ4n) is 1.87. The van der Waals surface area contributed by atoms with Crippen LogP contribution in [0.15, 0.2) is 48.5 Å². The van der Waals surface area contributed by atoms with Gasteiger partial charge in [0.25, 0.3) is 0 Å². The highest BCUT2D eigenvalue weighted by molar-refractivity contribution is 5.42. The van der Waals surface area contributed by atoms with Crippen molar-refractivity contribution in [1.82, 2.24) is 5.43 Å². The minimum atomic E-state index is 0.326. The number of nitrogens with one attached hydrogen (secondary N) is 2. The monoisotopic (exact) mass is 256 g/mol. The van der Waals surface area contributed by atoms with Crippen molar-refractivity contribution < 1.29 is 5.11 Å². The van der Waals surface area contributed by atoms with Crippen LogP contribution >= 0.6 is 0 Å². The van der Waals surface area contributed by atoms with Crippen LogP contribution in [0.3, 0.4) is 0 Å². The van der Waals surface area contributed by atoms with Crippen molar-refractivity contribution in [3.05, 3.63) is 59.7 Å². The first kappa shape index (κ1) is 13.4. The summed E-state index contributed by atoms with van der Waals surface area (Å²) in [4.78, 5) is 0. The third kappa shape index (κ3) is 3.73. The average molecular weight is 256 g/mol. The van der Waals surface area contributed by atoms with Gasteiger partial charge in [0.05, 0.1) is 0 Å². The summed E-state index contributed by atoms with van der Waals surface area (Å²) in [5, 5.41) is 9.85. The van der Waals surface area contributed by atoms with E-state index >= 15 is 0 Å². The molecule has 2 rings (SSSR count). The number of hydrogen-bond acceptors (Lipinski definition) is 3. The highest BCUT2D eigenvalue weighted by atomic mass is 16.3. The van der Waals surface area contributed by atoms with E-state index in [4.69, 9.17) is 0 Å². The van der Waals surface area contributed by atoms with E-state index in [0.717, 1.165) is 11.3 Å². The van der Waals surface area contributed by atoms with Crippen LogP contribution in [-0.2, 0) is 6.54 Å². The van der Waals surface area contributed by atoms with Gasteiger partial charge in [0.2, 0.25) is 0 Å². The average Bonchev–Trinajstić information content (AvgIpc) is 2.42. The normalized spacial score (nSPS) is 10.7. The molecule has 0 aliphatic carbocycles. The predicted octanol–water partition coefficient (Wildman–Crippen LogP) is 3.63. The Balaban J connectivity index is 1.97. The number of phenols is 1. The topological polar surface area (TPSA) is 44.3 Å². The molecule has 3 heteroatoms. The molecule has 0 spiro atoms.